The zero-order valence-corrected chi connectivity index (χ0v) is 21.2. The van der Waals surface area contributed by atoms with E-state index in [-0.39, 0.29) is 47.7 Å². The first kappa shape index (κ1) is 28.5. The fourth-order valence-electron chi connectivity index (χ4n) is 2.81. The fourth-order valence-corrected chi connectivity index (χ4v) is 5.72. The Morgan fingerprint density at radius 1 is 1.05 bits per heavy atom. The van der Waals surface area contributed by atoms with Crippen LogP contribution in [0.15, 0.2) is 28.5 Å². The summed E-state index contributed by atoms with van der Waals surface area (Å²) in [5.41, 5.74) is 10.5. The van der Waals surface area contributed by atoms with Gasteiger partial charge in [0.1, 0.15) is 29.3 Å². The van der Waals surface area contributed by atoms with Crippen LogP contribution in [0.4, 0.5) is 13.2 Å². The molecular formula is C20H19F3N4O7PS2+. The van der Waals surface area contributed by atoms with Gasteiger partial charge in [-0.25, -0.2) is 26.1 Å². The maximum absolute atomic E-state index is 15.1. The number of hydrogen-bond donors (Lipinski definition) is 3. The first-order valence-corrected chi connectivity index (χ1v) is 13.6. The number of nitrogens with one attached hydrogen (secondary N) is 1. The van der Waals surface area contributed by atoms with Crippen LogP contribution in [0.3, 0.4) is 0 Å². The molecule has 1 unspecified atom stereocenters. The molecule has 11 nitrogen and oxygen atoms in total. The summed E-state index contributed by atoms with van der Waals surface area (Å²) in [6, 6.07) is 5.55. The first-order chi connectivity index (χ1) is 17.6. The highest BCUT2D eigenvalue weighted by Gasteiger charge is 2.29. The number of thiophene rings is 1. The highest BCUT2D eigenvalue weighted by molar-refractivity contribution is 7.91. The molecule has 1 aromatic heterocycles. The molecule has 3 aromatic rings. The van der Waals surface area contributed by atoms with Gasteiger partial charge in [0.05, 0.1) is 10.3 Å². The molecule has 1 heterocycles. The molecule has 0 amide bonds. The van der Waals surface area contributed by atoms with Crippen molar-refractivity contribution in [2.24, 2.45) is 11.5 Å². The van der Waals surface area contributed by atoms with Gasteiger partial charge in [0.25, 0.3) is 10.0 Å². The highest BCUT2D eigenvalue weighted by Crippen LogP contribution is 2.44. The van der Waals surface area contributed by atoms with Crippen LogP contribution in [0.25, 0.3) is 10.1 Å². The lowest BCUT2D eigenvalue weighted by atomic mass is 10.2. The Bertz CT molecular complexity index is 1410. The number of benzene rings is 2. The summed E-state index contributed by atoms with van der Waals surface area (Å²) in [5, 5.41) is 8.33. The summed E-state index contributed by atoms with van der Waals surface area (Å²) in [4.78, 5) is 0. The molecule has 198 valence electrons. The lowest BCUT2D eigenvalue weighted by molar-refractivity contribution is 0.258. The molecular weight excluding hydrogens is 560 g/mol. The number of nitriles is 1. The molecule has 0 aliphatic carbocycles. The SMILES string of the molecule is N#Cc1ccc(O[P+](=O)OCNS(=O)(=O)c2cc3c(F)c(OCCN)c(OCCN)c(F)c3s2)cc1F. The van der Waals surface area contributed by atoms with E-state index >= 15 is 8.78 Å². The lowest BCUT2D eigenvalue weighted by Gasteiger charge is -2.14. The second kappa shape index (κ2) is 12.5. The largest absolute Gasteiger partial charge is 0.751 e. The van der Waals surface area contributed by atoms with Crippen LogP contribution in [-0.2, 0) is 19.1 Å². The van der Waals surface area contributed by atoms with Crippen molar-refractivity contribution in [1.29, 1.82) is 5.26 Å². The van der Waals surface area contributed by atoms with Gasteiger partial charge in [0.2, 0.25) is 11.5 Å². The Hall–Kier alpha value is -3.03. The molecule has 0 saturated heterocycles. The number of rotatable bonds is 13. The van der Waals surface area contributed by atoms with Crippen molar-refractivity contribution in [3.63, 3.8) is 0 Å². The van der Waals surface area contributed by atoms with E-state index in [1.54, 1.807) is 6.07 Å². The summed E-state index contributed by atoms with van der Waals surface area (Å²) in [6.45, 7) is -1.19. The van der Waals surface area contributed by atoms with E-state index in [1.807, 2.05) is 4.72 Å². The molecule has 1 atom stereocenters. The summed E-state index contributed by atoms with van der Waals surface area (Å²) < 4.78 is 102. The highest BCUT2D eigenvalue weighted by atomic mass is 32.2. The van der Waals surface area contributed by atoms with E-state index < -0.39 is 58.2 Å². The number of nitrogens with zero attached hydrogens (tertiary/aromatic N) is 1. The van der Waals surface area contributed by atoms with Gasteiger partial charge < -0.3 is 20.9 Å². The van der Waals surface area contributed by atoms with E-state index in [1.165, 1.54) is 6.07 Å². The Morgan fingerprint density at radius 3 is 2.30 bits per heavy atom. The minimum atomic E-state index is -4.39. The van der Waals surface area contributed by atoms with E-state index in [9.17, 15) is 17.4 Å². The van der Waals surface area contributed by atoms with Crippen LogP contribution >= 0.6 is 19.6 Å². The molecule has 0 spiro atoms. The van der Waals surface area contributed by atoms with Crippen molar-refractivity contribution < 1.29 is 44.7 Å². The molecule has 0 saturated carbocycles. The van der Waals surface area contributed by atoms with Crippen LogP contribution in [-0.4, -0.2) is 41.5 Å². The Morgan fingerprint density at radius 2 is 1.70 bits per heavy atom. The number of hydrogen-bond acceptors (Lipinski definition) is 11. The summed E-state index contributed by atoms with van der Waals surface area (Å²) >= 11 is 0.407. The van der Waals surface area contributed by atoms with Crippen molar-refractivity contribution in [2.45, 2.75) is 4.21 Å². The Labute approximate surface area is 213 Å². The molecule has 2 aromatic carbocycles. The van der Waals surface area contributed by atoms with Gasteiger partial charge in [-0.1, -0.05) is 4.52 Å². The predicted molar refractivity (Wildman–Crippen MR) is 126 cm³/mol. The molecule has 0 bridgehead atoms. The quantitative estimate of drug-likeness (QED) is 0.202. The maximum atomic E-state index is 15.1. The van der Waals surface area contributed by atoms with Gasteiger partial charge in [-0.05, 0) is 18.2 Å². The third kappa shape index (κ3) is 6.65. The third-order valence-corrected chi connectivity index (χ3v) is 8.08. The molecule has 3 rings (SSSR count). The zero-order chi connectivity index (χ0) is 27.2. The number of nitrogens with two attached hydrogens (primary N) is 2. The van der Waals surface area contributed by atoms with E-state index in [0.717, 1.165) is 18.2 Å². The van der Waals surface area contributed by atoms with E-state index in [0.29, 0.717) is 11.3 Å². The van der Waals surface area contributed by atoms with Crippen molar-refractivity contribution in [3.8, 4) is 23.3 Å². The second-order valence-corrected chi connectivity index (χ2v) is 10.8. The number of sulfonamides is 1. The topological polar surface area (TPSA) is 176 Å². The maximum Gasteiger partial charge on any atom is 0.751 e. The molecule has 5 N–H and O–H groups in total. The van der Waals surface area contributed by atoms with Gasteiger partial charge in [0, 0.05) is 29.1 Å². The van der Waals surface area contributed by atoms with Crippen molar-refractivity contribution in [1.82, 2.24) is 4.72 Å². The van der Waals surface area contributed by atoms with Gasteiger partial charge in [0.15, 0.2) is 24.1 Å². The van der Waals surface area contributed by atoms with Crippen LogP contribution in [0, 0.1) is 28.8 Å². The van der Waals surface area contributed by atoms with Crippen molar-refractivity contribution in [3.05, 3.63) is 47.3 Å². The molecule has 0 radical (unpaired) electrons. The van der Waals surface area contributed by atoms with Crippen LogP contribution in [0.2, 0.25) is 0 Å². The molecule has 0 fully saturated rings. The average Bonchev–Trinajstić information content (AvgIpc) is 3.32. The van der Waals surface area contributed by atoms with Crippen molar-refractivity contribution in [2.75, 3.05) is 33.0 Å². The summed E-state index contributed by atoms with van der Waals surface area (Å²) in [5.74, 6) is -4.39. The molecule has 0 aliphatic heterocycles. The average molecular weight is 579 g/mol. The van der Waals surface area contributed by atoms with Gasteiger partial charge in [-0.2, -0.15) is 9.98 Å². The Balaban J connectivity index is 1.76. The van der Waals surface area contributed by atoms with Crippen molar-refractivity contribution >= 4 is 39.7 Å². The summed E-state index contributed by atoms with van der Waals surface area (Å²) in [7, 11) is -7.34. The first-order valence-electron chi connectivity index (χ1n) is 10.2. The minimum absolute atomic E-state index is 0.00446. The van der Waals surface area contributed by atoms with Gasteiger partial charge in [-0.15, -0.1) is 11.3 Å². The fraction of sp³-hybridized carbons (Fsp3) is 0.250. The van der Waals surface area contributed by atoms with Gasteiger partial charge in [-0.3, -0.25) is 0 Å². The number of fused-ring (bicyclic) bond motifs is 1. The van der Waals surface area contributed by atoms with E-state index in [4.69, 9.17) is 35.3 Å². The lowest BCUT2D eigenvalue weighted by Crippen LogP contribution is -2.24. The normalized spacial score (nSPS) is 11.8. The Kier molecular flexibility index (Phi) is 9.62. The van der Waals surface area contributed by atoms with Crippen LogP contribution in [0.1, 0.15) is 5.56 Å². The minimum Gasteiger partial charge on any atom is -0.486 e. The van der Waals surface area contributed by atoms with Crippen LogP contribution < -0.4 is 30.2 Å². The second-order valence-electron chi connectivity index (χ2n) is 6.86. The smallest absolute Gasteiger partial charge is 0.486 e. The predicted octanol–water partition coefficient (Wildman–Crippen LogP) is 2.85. The van der Waals surface area contributed by atoms with Gasteiger partial charge >= 0.3 is 8.25 Å². The standard InChI is InChI=1S/C20H19F3N4O7PS2/c21-14-7-12(2-1-11(14)9-26)34-35(28)33-10-27-37(29,30)15-8-13-16(22)18(31-5-3-24)19(32-6-4-25)17(23)20(13)36-15/h1-2,7-8,27H,3-6,10,24-25H2/q+1. The molecule has 17 heteroatoms. The molecule has 37 heavy (non-hydrogen) atoms. The molecule has 0 aliphatic rings. The van der Waals surface area contributed by atoms with Crippen LogP contribution in [0.5, 0.6) is 17.2 Å². The zero-order valence-electron chi connectivity index (χ0n) is 18.7. The van der Waals surface area contributed by atoms with E-state index in [2.05, 4.69) is 0 Å². The monoisotopic (exact) mass is 579 g/mol. The number of halogens is 3. The third-order valence-electron chi connectivity index (χ3n) is 4.40. The summed E-state index contributed by atoms with van der Waals surface area (Å²) in [6.07, 6.45) is 0. The number of ether oxygens (including phenoxy) is 2.